The Morgan fingerprint density at radius 1 is 0.500 bits per heavy atom. The van der Waals surface area contributed by atoms with Gasteiger partial charge in [-0.3, -0.25) is 14.4 Å². The minimum Gasteiger partial charge on any atom is -0.458 e. The van der Waals surface area contributed by atoms with Gasteiger partial charge in [-0.25, -0.2) is 4.79 Å². The average molecular weight is 707 g/mol. The van der Waals surface area contributed by atoms with Crippen LogP contribution in [0.2, 0.25) is 0 Å². The van der Waals surface area contributed by atoms with Gasteiger partial charge < -0.3 is 19.0 Å². The number of esters is 3. The van der Waals surface area contributed by atoms with Gasteiger partial charge in [-0.2, -0.15) is 0 Å². The lowest BCUT2D eigenvalue weighted by atomic mass is 10.0. The number of allylic oxidation sites excluding steroid dienone is 1. The highest BCUT2D eigenvalue weighted by atomic mass is 16.6. The Hall–Kier alpha value is -2.51. The molecular formula is C42H74O8. The number of rotatable bonds is 36. The molecular weight excluding hydrogens is 632 g/mol. The van der Waals surface area contributed by atoms with E-state index in [9.17, 15) is 24.0 Å². The highest BCUT2D eigenvalue weighted by molar-refractivity contribution is 6.17. The number of aldehydes is 1. The maximum absolute atomic E-state index is 13.4. The summed E-state index contributed by atoms with van der Waals surface area (Å²) in [6.07, 6.45) is 24.4. The van der Waals surface area contributed by atoms with Crippen LogP contribution >= 0.6 is 0 Å². The Kier molecular flexibility index (Phi) is 33.2. The van der Waals surface area contributed by atoms with Crippen LogP contribution in [0.25, 0.3) is 0 Å². The molecule has 0 aliphatic heterocycles. The molecule has 0 rings (SSSR count). The fraction of sp³-hybridized carbons (Fsp3) is 0.833. The molecule has 290 valence electrons. The highest BCUT2D eigenvalue weighted by Crippen LogP contribution is 2.19. The predicted octanol–water partition coefficient (Wildman–Crippen LogP) is 11.0. The Morgan fingerprint density at radius 2 is 0.920 bits per heavy atom. The molecule has 0 bridgehead atoms. The van der Waals surface area contributed by atoms with E-state index in [2.05, 4.69) is 27.7 Å². The molecule has 0 aliphatic carbocycles. The Labute approximate surface area is 305 Å². The number of hydrogen-bond acceptors (Lipinski definition) is 8. The van der Waals surface area contributed by atoms with Crippen molar-refractivity contribution < 1.29 is 38.2 Å². The van der Waals surface area contributed by atoms with E-state index in [0.717, 1.165) is 89.8 Å². The molecule has 0 saturated heterocycles. The smallest absolute Gasteiger partial charge is 0.341 e. The molecule has 8 nitrogen and oxygen atoms in total. The molecule has 0 aromatic rings. The second-order valence-corrected chi connectivity index (χ2v) is 13.8. The van der Waals surface area contributed by atoms with E-state index in [4.69, 9.17) is 14.2 Å². The van der Waals surface area contributed by atoms with Crippen molar-refractivity contribution in [1.82, 2.24) is 0 Å². The molecule has 2 atom stereocenters. The van der Waals surface area contributed by atoms with Gasteiger partial charge in [0.15, 0.2) is 11.9 Å². The van der Waals surface area contributed by atoms with Crippen LogP contribution in [-0.4, -0.2) is 48.8 Å². The average Bonchev–Trinajstić information content (AvgIpc) is 3.10. The fourth-order valence-electron chi connectivity index (χ4n) is 5.89. The third-order valence-electron chi connectivity index (χ3n) is 9.08. The van der Waals surface area contributed by atoms with Crippen molar-refractivity contribution in [2.75, 3.05) is 6.61 Å². The van der Waals surface area contributed by atoms with Gasteiger partial charge in [-0.15, -0.1) is 0 Å². The summed E-state index contributed by atoms with van der Waals surface area (Å²) >= 11 is 0. The molecule has 0 aromatic heterocycles. The number of carbonyl (C=O) groups is 5. The van der Waals surface area contributed by atoms with Gasteiger partial charge in [0.1, 0.15) is 19.0 Å². The zero-order valence-electron chi connectivity index (χ0n) is 32.6. The van der Waals surface area contributed by atoms with Crippen molar-refractivity contribution >= 4 is 30.0 Å². The maximum atomic E-state index is 13.4. The van der Waals surface area contributed by atoms with Crippen LogP contribution in [0.1, 0.15) is 207 Å². The van der Waals surface area contributed by atoms with Crippen molar-refractivity contribution in [3.8, 4) is 0 Å². The first kappa shape index (κ1) is 47.5. The van der Waals surface area contributed by atoms with Gasteiger partial charge in [0, 0.05) is 25.7 Å². The monoisotopic (exact) mass is 707 g/mol. The number of hydrogen-bond donors (Lipinski definition) is 0. The van der Waals surface area contributed by atoms with E-state index >= 15 is 0 Å². The maximum Gasteiger partial charge on any atom is 0.341 e. The zero-order chi connectivity index (χ0) is 37.1. The Balaban J connectivity index is 5.70. The van der Waals surface area contributed by atoms with Crippen molar-refractivity contribution in [1.29, 1.82) is 0 Å². The Bertz CT molecular complexity index is 911. The standard InChI is InChI=1S/C42H74O8/c1-5-9-13-17-19-22-26-32-40(45)49-38(31-28-34-43)39(50-41(46)33-27-23-20-18-14-10-6-2)35-48-42(47)36(29-24-21-15-11-7-3)37(44)30-25-16-12-8-4/h29,34,38-39H,5-28,30-33,35H2,1-4H3. The predicted molar refractivity (Wildman–Crippen MR) is 202 cm³/mol. The first-order valence-electron chi connectivity index (χ1n) is 20.6. The van der Waals surface area contributed by atoms with E-state index in [0.29, 0.717) is 25.7 Å². The number of unbranched alkanes of at least 4 members (excludes halogenated alkanes) is 19. The molecule has 0 aromatic carbocycles. The van der Waals surface area contributed by atoms with Crippen LogP contribution in [0.3, 0.4) is 0 Å². The highest BCUT2D eigenvalue weighted by Gasteiger charge is 2.31. The summed E-state index contributed by atoms with van der Waals surface area (Å²) in [6, 6.07) is 0. The normalized spacial score (nSPS) is 12.7. The lowest BCUT2D eigenvalue weighted by Gasteiger charge is -2.27. The lowest BCUT2D eigenvalue weighted by Crippen LogP contribution is -2.39. The van der Waals surface area contributed by atoms with Gasteiger partial charge in [0.05, 0.1) is 5.57 Å². The number of carbonyl (C=O) groups excluding carboxylic acids is 5. The number of ketones is 1. The summed E-state index contributed by atoms with van der Waals surface area (Å²) in [4.78, 5) is 63.9. The van der Waals surface area contributed by atoms with Gasteiger partial charge in [-0.1, -0.05) is 149 Å². The topological polar surface area (TPSA) is 113 Å². The molecule has 0 aliphatic rings. The molecule has 2 unspecified atom stereocenters. The van der Waals surface area contributed by atoms with Gasteiger partial charge in [0.2, 0.25) is 0 Å². The second-order valence-electron chi connectivity index (χ2n) is 13.8. The molecule has 8 heteroatoms. The van der Waals surface area contributed by atoms with E-state index in [1.165, 1.54) is 38.5 Å². The minimum atomic E-state index is -1.08. The first-order valence-corrected chi connectivity index (χ1v) is 20.6. The number of ether oxygens (including phenoxy) is 3. The summed E-state index contributed by atoms with van der Waals surface area (Å²) in [5.74, 6) is -1.88. The summed E-state index contributed by atoms with van der Waals surface area (Å²) < 4.78 is 17.3. The molecule has 50 heavy (non-hydrogen) atoms. The van der Waals surface area contributed by atoms with Gasteiger partial charge in [-0.05, 0) is 38.5 Å². The molecule has 0 amide bonds. The summed E-state index contributed by atoms with van der Waals surface area (Å²) in [5.41, 5.74) is 0.0338. The first-order chi connectivity index (χ1) is 24.3. The van der Waals surface area contributed by atoms with Crippen molar-refractivity contribution in [2.24, 2.45) is 0 Å². The van der Waals surface area contributed by atoms with E-state index in [-0.39, 0.29) is 50.1 Å². The fourth-order valence-corrected chi connectivity index (χ4v) is 5.89. The third kappa shape index (κ3) is 27.2. The van der Waals surface area contributed by atoms with E-state index in [1.54, 1.807) is 6.08 Å². The molecule has 0 spiro atoms. The molecule has 0 N–H and O–H groups in total. The van der Waals surface area contributed by atoms with Crippen LogP contribution in [0.15, 0.2) is 11.6 Å². The van der Waals surface area contributed by atoms with Crippen molar-refractivity contribution in [3.63, 3.8) is 0 Å². The van der Waals surface area contributed by atoms with E-state index < -0.39 is 30.1 Å². The Morgan fingerprint density at radius 3 is 1.42 bits per heavy atom. The van der Waals surface area contributed by atoms with Crippen LogP contribution in [-0.2, 0) is 38.2 Å². The molecule has 0 radical (unpaired) electrons. The van der Waals surface area contributed by atoms with Crippen LogP contribution in [0, 0.1) is 0 Å². The lowest BCUT2D eigenvalue weighted by molar-refractivity contribution is -0.176. The summed E-state index contributed by atoms with van der Waals surface area (Å²) in [6.45, 7) is 8.22. The summed E-state index contributed by atoms with van der Waals surface area (Å²) in [7, 11) is 0. The van der Waals surface area contributed by atoms with Gasteiger partial charge >= 0.3 is 17.9 Å². The van der Waals surface area contributed by atoms with Crippen LogP contribution in [0.5, 0.6) is 0 Å². The molecule has 0 heterocycles. The van der Waals surface area contributed by atoms with Crippen LogP contribution in [0.4, 0.5) is 0 Å². The van der Waals surface area contributed by atoms with Crippen molar-refractivity contribution in [2.45, 2.75) is 220 Å². The quantitative estimate of drug-likeness (QED) is 0.0120. The molecule has 0 fully saturated rings. The zero-order valence-corrected chi connectivity index (χ0v) is 32.6. The van der Waals surface area contributed by atoms with E-state index in [1.807, 2.05) is 0 Å². The largest absolute Gasteiger partial charge is 0.458 e. The minimum absolute atomic E-state index is 0.0338. The summed E-state index contributed by atoms with van der Waals surface area (Å²) in [5, 5.41) is 0. The second kappa shape index (κ2) is 34.9. The van der Waals surface area contributed by atoms with Gasteiger partial charge in [0.25, 0.3) is 0 Å². The van der Waals surface area contributed by atoms with Crippen molar-refractivity contribution in [3.05, 3.63) is 11.6 Å². The third-order valence-corrected chi connectivity index (χ3v) is 9.08. The number of Topliss-reactive ketones (excluding diaryl/α,β-unsaturated/α-hetero) is 1. The SMILES string of the molecule is CCCCCCC=C(C(=O)CCCCCC)C(=O)OCC(OC(=O)CCCCCCCCC)C(CCC=O)OC(=O)CCCCCCCCC. The molecule has 0 saturated carbocycles. The van der Waals surface area contributed by atoms with Crippen LogP contribution < -0.4 is 0 Å².